The van der Waals surface area contributed by atoms with E-state index in [9.17, 15) is 23.4 Å². The fourth-order valence-corrected chi connectivity index (χ4v) is 1.65. The Morgan fingerprint density at radius 2 is 2.06 bits per heavy atom. The monoisotopic (exact) mass is 329 g/mol. The second kappa shape index (κ2) is 5.85. The van der Waals surface area contributed by atoms with Gasteiger partial charge in [0.15, 0.2) is 0 Å². The van der Waals surface area contributed by atoms with Crippen LogP contribution in [0.15, 0.2) is 12.3 Å². The van der Waals surface area contributed by atoms with Crippen LogP contribution in [0.5, 0.6) is 5.88 Å². The predicted molar refractivity (Wildman–Crippen MR) is 60.6 cm³/mol. The van der Waals surface area contributed by atoms with Gasteiger partial charge in [-0.25, -0.2) is 4.98 Å². The molecule has 0 aliphatic carbocycles. The van der Waals surface area contributed by atoms with Crippen molar-refractivity contribution < 1.29 is 28.1 Å². The molecule has 1 aromatic rings. The molecule has 0 aliphatic rings. The molecule has 8 heteroatoms. The second-order valence-electron chi connectivity index (χ2n) is 3.49. The normalized spacial score (nSPS) is 15.3. The van der Waals surface area contributed by atoms with Crippen molar-refractivity contribution in [2.45, 2.75) is 18.4 Å². The number of rotatable bonds is 4. The van der Waals surface area contributed by atoms with Crippen LogP contribution in [-0.4, -0.2) is 33.7 Å². The molecule has 18 heavy (non-hydrogen) atoms. The lowest BCUT2D eigenvalue weighted by atomic mass is 10.0. The van der Waals surface area contributed by atoms with Crippen molar-refractivity contribution in [3.05, 3.63) is 23.4 Å². The number of methoxy groups -OCH3 is 1. The summed E-state index contributed by atoms with van der Waals surface area (Å²) in [6.07, 6.45) is -6.75. The third-order valence-corrected chi connectivity index (χ3v) is 2.90. The number of ether oxygens (including phenoxy) is 1. The van der Waals surface area contributed by atoms with Crippen LogP contribution in [0.3, 0.4) is 0 Å². The maximum atomic E-state index is 12.5. The molecule has 2 unspecified atom stereocenters. The lowest BCUT2D eigenvalue weighted by molar-refractivity contribution is -0.138. The summed E-state index contributed by atoms with van der Waals surface area (Å²) in [6, 6.07) is 0.711. The van der Waals surface area contributed by atoms with Gasteiger partial charge < -0.3 is 14.9 Å². The van der Waals surface area contributed by atoms with Gasteiger partial charge in [0.05, 0.1) is 18.8 Å². The Bertz CT molecular complexity index is 414. The number of hydrogen-bond acceptors (Lipinski definition) is 4. The van der Waals surface area contributed by atoms with Crippen molar-refractivity contribution in [1.29, 1.82) is 0 Å². The van der Waals surface area contributed by atoms with Crippen LogP contribution >= 0.6 is 15.9 Å². The average Bonchev–Trinajstić information content (AvgIpc) is 2.35. The highest BCUT2D eigenvalue weighted by molar-refractivity contribution is 9.09. The number of hydrogen-bond donors (Lipinski definition) is 2. The molecular weight excluding hydrogens is 319 g/mol. The number of halogens is 4. The van der Waals surface area contributed by atoms with E-state index in [1.165, 1.54) is 7.11 Å². The van der Waals surface area contributed by atoms with E-state index in [-0.39, 0.29) is 16.8 Å². The number of aliphatic hydroxyl groups excluding tert-OH is 2. The number of aromatic nitrogens is 1. The van der Waals surface area contributed by atoms with Crippen molar-refractivity contribution in [3.8, 4) is 5.88 Å². The van der Waals surface area contributed by atoms with E-state index in [1.54, 1.807) is 0 Å². The molecule has 1 aromatic heterocycles. The smallest absolute Gasteiger partial charge is 0.417 e. The van der Waals surface area contributed by atoms with Crippen molar-refractivity contribution in [2.75, 3.05) is 12.4 Å². The standard InChI is InChI=1S/C10H11BrF3NO3/c1-18-9-6(8(17)7(16)3-11)2-5(4-15-9)10(12,13)14/h2,4,7-8,16-17H,3H2,1H3. The summed E-state index contributed by atoms with van der Waals surface area (Å²) < 4.78 is 42.3. The van der Waals surface area contributed by atoms with Crippen molar-refractivity contribution in [3.63, 3.8) is 0 Å². The molecule has 0 fully saturated rings. The zero-order valence-electron chi connectivity index (χ0n) is 9.28. The molecule has 0 aromatic carbocycles. The first-order valence-corrected chi connectivity index (χ1v) is 5.96. The molecule has 1 rings (SSSR count). The Kier molecular flexibility index (Phi) is 4.94. The Labute approximate surface area is 110 Å². The van der Waals surface area contributed by atoms with Crippen molar-refractivity contribution >= 4 is 15.9 Å². The van der Waals surface area contributed by atoms with E-state index >= 15 is 0 Å². The number of alkyl halides is 4. The predicted octanol–water partition coefficient (Wildman–Crippen LogP) is 1.90. The molecule has 0 spiro atoms. The summed E-state index contributed by atoms with van der Waals surface area (Å²) >= 11 is 2.92. The quantitative estimate of drug-likeness (QED) is 0.828. The van der Waals surface area contributed by atoms with Gasteiger partial charge in [-0.15, -0.1) is 0 Å². The lowest BCUT2D eigenvalue weighted by Crippen LogP contribution is -2.21. The minimum atomic E-state index is -4.58. The second-order valence-corrected chi connectivity index (χ2v) is 4.13. The van der Waals surface area contributed by atoms with Crippen LogP contribution in [0, 0.1) is 0 Å². The van der Waals surface area contributed by atoms with Crippen LogP contribution in [-0.2, 0) is 6.18 Å². The van der Waals surface area contributed by atoms with E-state index < -0.39 is 23.9 Å². The van der Waals surface area contributed by atoms with Gasteiger partial charge >= 0.3 is 6.18 Å². The SMILES string of the molecule is COc1ncc(C(F)(F)F)cc1C(O)C(O)CBr. The number of aliphatic hydroxyl groups is 2. The van der Waals surface area contributed by atoms with Crippen LogP contribution in [0.4, 0.5) is 13.2 Å². The van der Waals surface area contributed by atoms with Gasteiger partial charge in [-0.1, -0.05) is 15.9 Å². The van der Waals surface area contributed by atoms with Gasteiger partial charge in [0.1, 0.15) is 6.10 Å². The molecule has 102 valence electrons. The first-order valence-electron chi connectivity index (χ1n) is 4.84. The summed E-state index contributed by atoms with van der Waals surface area (Å²) in [4.78, 5) is 3.47. The van der Waals surface area contributed by atoms with Crippen molar-refractivity contribution in [1.82, 2.24) is 4.98 Å². The third-order valence-electron chi connectivity index (χ3n) is 2.24. The number of nitrogens with zero attached hydrogens (tertiary/aromatic N) is 1. The van der Waals surface area contributed by atoms with E-state index in [0.29, 0.717) is 12.3 Å². The first-order chi connectivity index (χ1) is 8.31. The Hall–Kier alpha value is -0.860. The van der Waals surface area contributed by atoms with Crippen LogP contribution in [0.25, 0.3) is 0 Å². The molecule has 0 saturated heterocycles. The van der Waals surface area contributed by atoms with Gasteiger partial charge in [-0.2, -0.15) is 13.2 Å². The third kappa shape index (κ3) is 3.33. The molecular formula is C10H11BrF3NO3. The average molecular weight is 330 g/mol. The van der Waals surface area contributed by atoms with Crippen LogP contribution in [0.2, 0.25) is 0 Å². The van der Waals surface area contributed by atoms with Crippen LogP contribution < -0.4 is 4.74 Å². The maximum absolute atomic E-state index is 12.5. The Morgan fingerprint density at radius 3 is 2.50 bits per heavy atom. The fourth-order valence-electron chi connectivity index (χ4n) is 1.30. The van der Waals surface area contributed by atoms with Gasteiger partial charge in [0.2, 0.25) is 5.88 Å². The van der Waals surface area contributed by atoms with E-state index in [2.05, 4.69) is 20.9 Å². The zero-order valence-corrected chi connectivity index (χ0v) is 10.9. The highest BCUT2D eigenvalue weighted by atomic mass is 79.9. The summed E-state index contributed by atoms with van der Waals surface area (Å²) in [5, 5.41) is 19.2. The lowest BCUT2D eigenvalue weighted by Gasteiger charge is -2.19. The van der Waals surface area contributed by atoms with Crippen LogP contribution in [0.1, 0.15) is 17.2 Å². The minimum Gasteiger partial charge on any atom is -0.481 e. The summed E-state index contributed by atoms with van der Waals surface area (Å²) in [5.41, 5.74) is -1.22. The largest absolute Gasteiger partial charge is 0.481 e. The highest BCUT2D eigenvalue weighted by Gasteiger charge is 2.33. The molecule has 1 heterocycles. The van der Waals surface area contributed by atoms with Gasteiger partial charge in [0, 0.05) is 17.1 Å². The molecule has 2 N–H and O–H groups in total. The summed E-state index contributed by atoms with van der Waals surface area (Å²) in [7, 11) is 1.21. The molecule has 0 aliphatic heterocycles. The summed E-state index contributed by atoms with van der Waals surface area (Å²) in [5.74, 6) is -0.157. The van der Waals surface area contributed by atoms with Gasteiger partial charge in [-0.3, -0.25) is 0 Å². The molecule has 4 nitrogen and oxygen atoms in total. The molecule has 0 radical (unpaired) electrons. The topological polar surface area (TPSA) is 62.6 Å². The van der Waals surface area contributed by atoms with E-state index in [0.717, 1.165) is 0 Å². The molecule has 0 bridgehead atoms. The molecule has 0 amide bonds. The fraction of sp³-hybridized carbons (Fsp3) is 0.500. The Balaban J connectivity index is 3.22. The molecule has 2 atom stereocenters. The van der Waals surface area contributed by atoms with Gasteiger partial charge in [-0.05, 0) is 6.07 Å². The summed E-state index contributed by atoms with van der Waals surface area (Å²) in [6.45, 7) is 0. The minimum absolute atomic E-state index is 0.00751. The highest BCUT2D eigenvalue weighted by Crippen LogP contribution is 2.34. The Morgan fingerprint density at radius 1 is 1.44 bits per heavy atom. The van der Waals surface area contributed by atoms with E-state index in [1.807, 2.05) is 0 Å². The van der Waals surface area contributed by atoms with Gasteiger partial charge in [0.25, 0.3) is 0 Å². The van der Waals surface area contributed by atoms with E-state index in [4.69, 9.17) is 4.74 Å². The number of pyridine rings is 1. The van der Waals surface area contributed by atoms with Crippen molar-refractivity contribution in [2.24, 2.45) is 0 Å². The first kappa shape index (κ1) is 15.2. The molecule has 0 saturated carbocycles. The maximum Gasteiger partial charge on any atom is 0.417 e. The zero-order chi connectivity index (χ0) is 13.9.